The molecule has 0 aliphatic heterocycles. The maximum Gasteiger partial charge on any atom is 1.00 e. The van der Waals surface area contributed by atoms with Crippen molar-refractivity contribution in [1.82, 2.24) is 19.6 Å². The summed E-state index contributed by atoms with van der Waals surface area (Å²) < 4.78 is 3.01. The van der Waals surface area contributed by atoms with Gasteiger partial charge in [-0.1, -0.05) is 6.92 Å². The maximum atomic E-state index is 10.4. The summed E-state index contributed by atoms with van der Waals surface area (Å²) in [6.07, 6.45) is 6.33. The first-order valence-corrected chi connectivity index (χ1v) is 9.37. The van der Waals surface area contributed by atoms with Gasteiger partial charge in [0.2, 0.25) is 0 Å². The van der Waals surface area contributed by atoms with Crippen LogP contribution in [-0.4, -0.2) is 67.4 Å². The minimum absolute atomic E-state index is 0. The molecule has 0 spiro atoms. The number of rotatable bonds is 6. The second-order valence-corrected chi connectivity index (χ2v) is 7.34. The standard InChI is InChI=1S/C8H13N3O2.C7H11N3O3.C2H6O.CO2.B.Na.H/c1-4-8(2,3)10-6-7(5-9-10)11(12)13;1-7(2,5-11)9-4-6(3-8-9)10(12)13;1-2-3;2-1-3;;;/h5-6H,4H2,1-3H3;3-4,11H,5H2,1-2H3;3H,2H2,1H3;;;;/q;;;;;+1;-1. The monoisotopic (exact) mass is 493 g/mol. The zero-order chi connectivity index (χ0) is 25.5. The van der Waals surface area contributed by atoms with Gasteiger partial charge >= 0.3 is 47.1 Å². The van der Waals surface area contributed by atoms with Crippen LogP contribution in [0, 0.1) is 20.2 Å². The summed E-state index contributed by atoms with van der Waals surface area (Å²) in [6, 6.07) is 0. The molecule has 2 heterocycles. The Morgan fingerprint density at radius 3 is 1.44 bits per heavy atom. The van der Waals surface area contributed by atoms with Gasteiger partial charge in [0.05, 0.1) is 27.5 Å². The molecular weight excluding hydrogens is 462 g/mol. The molecule has 185 valence electrons. The van der Waals surface area contributed by atoms with Crippen molar-refractivity contribution < 1.29 is 60.6 Å². The van der Waals surface area contributed by atoms with Crippen LogP contribution in [0.2, 0.25) is 0 Å². The summed E-state index contributed by atoms with van der Waals surface area (Å²) >= 11 is 0. The molecule has 0 fully saturated rings. The van der Waals surface area contributed by atoms with Crippen LogP contribution in [-0.2, 0) is 20.7 Å². The third-order valence-electron chi connectivity index (χ3n) is 4.05. The van der Waals surface area contributed by atoms with Crippen molar-refractivity contribution in [1.29, 1.82) is 0 Å². The summed E-state index contributed by atoms with van der Waals surface area (Å²) in [6.45, 7) is 11.3. The number of aliphatic hydroxyl groups excluding tert-OH is 2. The van der Waals surface area contributed by atoms with Crippen molar-refractivity contribution in [2.45, 2.75) is 59.0 Å². The normalized spacial score (nSPS) is 9.65. The molecule has 0 amide bonds. The molecule has 2 rings (SSSR count). The average molecular weight is 493 g/mol. The number of carbonyl (C=O) groups excluding carboxylic acids is 2. The SMILES string of the molecule is CC(C)(CO)n1cc([N+](=O)[O-])cn1.CCC(C)(C)n1cc([N+](=O)[O-])cn1.CCO.O=C=O.[B].[H-].[Na+]. The maximum absolute atomic E-state index is 10.4. The summed E-state index contributed by atoms with van der Waals surface area (Å²) in [4.78, 5) is 36.0. The third kappa shape index (κ3) is 14.0. The van der Waals surface area contributed by atoms with Crippen molar-refractivity contribution in [2.75, 3.05) is 13.2 Å². The Hall–Kier alpha value is -2.42. The number of aliphatic hydroxyl groups is 2. The van der Waals surface area contributed by atoms with Crippen LogP contribution >= 0.6 is 0 Å². The number of nitrogens with zero attached hydrogens (tertiary/aromatic N) is 6. The zero-order valence-corrected chi connectivity index (χ0v) is 22.5. The molecule has 2 aromatic rings. The number of hydrogen-bond acceptors (Lipinski definition) is 10. The van der Waals surface area contributed by atoms with E-state index in [-0.39, 0.29) is 75.7 Å². The Morgan fingerprint density at radius 2 is 1.24 bits per heavy atom. The predicted octanol–water partition coefficient (Wildman–Crippen LogP) is -1.39. The van der Waals surface area contributed by atoms with E-state index in [1.807, 2.05) is 20.8 Å². The van der Waals surface area contributed by atoms with Crippen molar-refractivity contribution >= 4 is 25.9 Å². The van der Waals surface area contributed by atoms with E-state index >= 15 is 0 Å². The first kappa shape index (κ1) is 38.8. The van der Waals surface area contributed by atoms with Crippen molar-refractivity contribution in [3.05, 3.63) is 45.0 Å². The van der Waals surface area contributed by atoms with Gasteiger partial charge in [0.1, 0.15) is 24.8 Å². The number of hydrogen-bond donors (Lipinski definition) is 2. The minimum atomic E-state index is -0.603. The van der Waals surface area contributed by atoms with Crippen LogP contribution in [0.1, 0.15) is 49.4 Å². The Kier molecular flexibility index (Phi) is 21.6. The second kappa shape index (κ2) is 19.0. The van der Waals surface area contributed by atoms with Crippen molar-refractivity contribution in [2.24, 2.45) is 0 Å². The molecule has 0 bridgehead atoms. The molecule has 0 aliphatic rings. The number of nitro groups is 2. The van der Waals surface area contributed by atoms with E-state index in [0.717, 1.165) is 12.6 Å². The second-order valence-electron chi connectivity index (χ2n) is 7.34. The van der Waals surface area contributed by atoms with E-state index in [4.69, 9.17) is 19.8 Å². The Labute approximate surface area is 223 Å². The van der Waals surface area contributed by atoms with E-state index in [2.05, 4.69) is 10.2 Å². The van der Waals surface area contributed by atoms with Crippen molar-refractivity contribution in [3.63, 3.8) is 0 Å². The van der Waals surface area contributed by atoms with Gasteiger partial charge in [0.25, 0.3) is 0 Å². The molecule has 0 atom stereocenters. The van der Waals surface area contributed by atoms with Crippen LogP contribution in [0.25, 0.3) is 0 Å². The van der Waals surface area contributed by atoms with Crippen LogP contribution in [0.3, 0.4) is 0 Å². The minimum Gasteiger partial charge on any atom is -1.00 e. The van der Waals surface area contributed by atoms with E-state index in [1.165, 1.54) is 23.3 Å². The molecule has 0 saturated heterocycles. The molecule has 3 radical (unpaired) electrons. The summed E-state index contributed by atoms with van der Waals surface area (Å²) in [5.74, 6) is 0. The first-order valence-electron chi connectivity index (χ1n) is 9.37. The molecule has 0 aromatic carbocycles. The largest absolute Gasteiger partial charge is 1.00 e. The topological polar surface area (TPSA) is 197 Å². The van der Waals surface area contributed by atoms with Crippen LogP contribution in [0.4, 0.5) is 11.4 Å². The Balaban J connectivity index is -0.000000131. The van der Waals surface area contributed by atoms with E-state index in [0.29, 0.717) is 0 Å². The predicted molar refractivity (Wildman–Crippen MR) is 118 cm³/mol. The van der Waals surface area contributed by atoms with Crippen LogP contribution < -0.4 is 29.6 Å². The van der Waals surface area contributed by atoms with Gasteiger partial charge in [-0.15, -0.1) is 0 Å². The van der Waals surface area contributed by atoms with E-state index < -0.39 is 15.4 Å². The van der Waals surface area contributed by atoms with Gasteiger partial charge in [0.15, 0.2) is 0 Å². The fourth-order valence-electron chi connectivity index (χ4n) is 1.71. The molecule has 0 unspecified atom stereocenters. The quantitative estimate of drug-likeness (QED) is 0.274. The van der Waals surface area contributed by atoms with Crippen LogP contribution in [0.5, 0.6) is 0 Å². The summed E-state index contributed by atoms with van der Waals surface area (Å²) in [5.41, 5.74) is -0.786. The molecule has 16 heteroatoms. The summed E-state index contributed by atoms with van der Waals surface area (Å²) in [7, 11) is 0. The Bertz CT molecular complexity index is 824. The van der Waals surface area contributed by atoms with Gasteiger partial charge in [-0.25, -0.2) is 0 Å². The van der Waals surface area contributed by atoms with Crippen molar-refractivity contribution in [3.8, 4) is 0 Å². The fourth-order valence-corrected chi connectivity index (χ4v) is 1.71. The molecular formula is C18H31BN6NaO8. The average Bonchev–Trinajstić information content (AvgIpc) is 3.40. The molecule has 0 saturated carbocycles. The van der Waals surface area contributed by atoms with Gasteiger partial charge in [-0.2, -0.15) is 19.8 Å². The van der Waals surface area contributed by atoms with Gasteiger partial charge in [0, 0.05) is 15.0 Å². The van der Waals surface area contributed by atoms with E-state index in [1.54, 1.807) is 25.5 Å². The van der Waals surface area contributed by atoms with Gasteiger partial charge in [-0.05, 0) is 41.0 Å². The van der Waals surface area contributed by atoms with Gasteiger partial charge in [-0.3, -0.25) is 29.6 Å². The molecule has 0 aliphatic carbocycles. The number of aromatic nitrogens is 4. The zero-order valence-electron chi connectivity index (χ0n) is 21.5. The smallest absolute Gasteiger partial charge is 1.00 e. The molecule has 34 heavy (non-hydrogen) atoms. The van der Waals surface area contributed by atoms with Gasteiger partial charge < -0.3 is 11.6 Å². The molecule has 14 nitrogen and oxygen atoms in total. The summed E-state index contributed by atoms with van der Waals surface area (Å²) in [5, 5.41) is 45.0. The molecule has 2 N–H and O–H groups in total. The van der Waals surface area contributed by atoms with E-state index in [9.17, 15) is 20.2 Å². The fraction of sp³-hybridized carbons (Fsp3) is 0.611. The van der Waals surface area contributed by atoms with Crippen LogP contribution in [0.15, 0.2) is 24.8 Å². The third-order valence-corrected chi connectivity index (χ3v) is 4.05. The Morgan fingerprint density at radius 1 is 0.941 bits per heavy atom. The first-order chi connectivity index (χ1) is 14.8. The molecule has 2 aromatic heterocycles.